The Labute approximate surface area is 202 Å². The van der Waals surface area contributed by atoms with Gasteiger partial charge in [0.2, 0.25) is 0 Å². The van der Waals surface area contributed by atoms with Gasteiger partial charge in [-0.15, -0.1) is 0 Å². The number of carbonyl (C=O) groups is 1. The highest BCUT2D eigenvalue weighted by Gasteiger charge is 2.25. The second kappa shape index (κ2) is 10.2. The molecule has 1 saturated heterocycles. The molecule has 1 aliphatic rings. The Morgan fingerprint density at radius 3 is 2.37 bits per heavy atom. The molecule has 1 fully saturated rings. The van der Waals surface area contributed by atoms with E-state index < -0.39 is 21.5 Å². The molecule has 11 heteroatoms. The molecule has 4 rings (SSSR count). The first kappa shape index (κ1) is 24.3. The summed E-state index contributed by atoms with van der Waals surface area (Å²) < 4.78 is 40.0. The van der Waals surface area contributed by atoms with E-state index in [1.807, 2.05) is 4.90 Å². The number of ether oxygens (including phenoxy) is 2. The second-order valence-electron chi connectivity index (χ2n) is 7.95. The number of methoxy groups -OCH3 is 1. The van der Waals surface area contributed by atoms with E-state index in [-0.39, 0.29) is 16.1 Å². The molecule has 0 atom stereocenters. The average Bonchev–Trinajstić information content (AvgIpc) is 2.84. The van der Waals surface area contributed by atoms with Crippen LogP contribution in [0.3, 0.4) is 0 Å². The quantitative estimate of drug-likeness (QED) is 0.456. The molecule has 2 aromatic carbocycles. The monoisotopic (exact) mass is 498 g/mol. The van der Waals surface area contributed by atoms with E-state index in [1.54, 1.807) is 49.4 Å². The summed E-state index contributed by atoms with van der Waals surface area (Å²) in [5, 5.41) is 2.63. The molecule has 0 radical (unpaired) electrons. The molecule has 10 nitrogen and oxygen atoms in total. The zero-order valence-corrected chi connectivity index (χ0v) is 20.1. The minimum Gasteiger partial charge on any atom is -0.497 e. The SMILES string of the molecule is COc1ccc(NS(=O)(=O)c2cc(NC(=O)c3ccc(C)[nH]c3=O)ccc2N2CCOCC2)cc1. The van der Waals surface area contributed by atoms with Gasteiger partial charge in [-0.2, -0.15) is 0 Å². The molecule has 184 valence electrons. The fraction of sp³-hybridized carbons (Fsp3) is 0.250. The van der Waals surface area contributed by atoms with Crippen LogP contribution in [-0.2, 0) is 14.8 Å². The maximum absolute atomic E-state index is 13.5. The lowest BCUT2D eigenvalue weighted by Gasteiger charge is -2.30. The summed E-state index contributed by atoms with van der Waals surface area (Å²) in [5.74, 6) is -0.0467. The van der Waals surface area contributed by atoms with Crippen LogP contribution in [0, 0.1) is 6.92 Å². The normalized spacial score (nSPS) is 13.8. The van der Waals surface area contributed by atoms with Gasteiger partial charge in [0.25, 0.3) is 21.5 Å². The third-order valence-electron chi connectivity index (χ3n) is 5.50. The first-order chi connectivity index (χ1) is 16.8. The van der Waals surface area contributed by atoms with Crippen LogP contribution in [-0.4, -0.2) is 52.7 Å². The first-order valence-corrected chi connectivity index (χ1v) is 12.4. The minimum absolute atomic E-state index is 0.00849. The highest BCUT2D eigenvalue weighted by atomic mass is 32.2. The fourth-order valence-corrected chi connectivity index (χ4v) is 5.00. The van der Waals surface area contributed by atoms with Gasteiger partial charge < -0.3 is 24.7 Å². The molecule has 0 spiro atoms. The van der Waals surface area contributed by atoms with Crippen molar-refractivity contribution >= 4 is 33.0 Å². The zero-order chi connectivity index (χ0) is 25.0. The lowest BCUT2D eigenvalue weighted by molar-refractivity contribution is 0.102. The van der Waals surface area contributed by atoms with Crippen LogP contribution >= 0.6 is 0 Å². The van der Waals surface area contributed by atoms with Crippen molar-refractivity contribution in [2.45, 2.75) is 11.8 Å². The van der Waals surface area contributed by atoms with E-state index in [0.717, 1.165) is 0 Å². The number of sulfonamides is 1. The van der Waals surface area contributed by atoms with E-state index in [9.17, 15) is 18.0 Å². The van der Waals surface area contributed by atoms with Crippen molar-refractivity contribution < 1.29 is 22.7 Å². The number of anilines is 3. The van der Waals surface area contributed by atoms with Crippen LogP contribution < -0.4 is 25.2 Å². The number of H-pyrrole nitrogens is 1. The van der Waals surface area contributed by atoms with Crippen LogP contribution in [0.4, 0.5) is 17.1 Å². The number of hydrogen-bond acceptors (Lipinski definition) is 7. The van der Waals surface area contributed by atoms with Crippen LogP contribution in [0.5, 0.6) is 5.75 Å². The Morgan fingerprint density at radius 1 is 1.03 bits per heavy atom. The topological polar surface area (TPSA) is 130 Å². The molecule has 0 bridgehead atoms. The predicted molar refractivity (Wildman–Crippen MR) is 133 cm³/mol. The van der Waals surface area contributed by atoms with Gasteiger partial charge in [-0.05, 0) is 61.5 Å². The number of carbonyl (C=O) groups excluding carboxylic acids is 1. The molecule has 0 aliphatic carbocycles. The number of pyridine rings is 1. The van der Waals surface area contributed by atoms with Crippen LogP contribution in [0.2, 0.25) is 0 Å². The number of morpholine rings is 1. The summed E-state index contributed by atoms with van der Waals surface area (Å²) in [4.78, 5) is 29.4. The van der Waals surface area contributed by atoms with Crippen LogP contribution in [0.15, 0.2) is 64.3 Å². The molecule has 0 saturated carbocycles. The molecule has 3 aromatic rings. The molecule has 0 unspecified atom stereocenters. The first-order valence-electron chi connectivity index (χ1n) is 10.9. The van der Waals surface area contributed by atoms with Crippen molar-refractivity contribution in [3.8, 4) is 5.75 Å². The van der Waals surface area contributed by atoms with Crippen molar-refractivity contribution in [2.75, 3.05) is 48.4 Å². The Morgan fingerprint density at radius 2 is 1.71 bits per heavy atom. The van der Waals surface area contributed by atoms with Crippen molar-refractivity contribution in [1.29, 1.82) is 0 Å². The van der Waals surface area contributed by atoms with E-state index in [0.29, 0.717) is 49.1 Å². The maximum Gasteiger partial charge on any atom is 0.264 e. The van der Waals surface area contributed by atoms with Crippen LogP contribution in [0.1, 0.15) is 16.1 Å². The van der Waals surface area contributed by atoms with Crippen molar-refractivity contribution in [3.05, 3.63) is 76.2 Å². The lowest BCUT2D eigenvalue weighted by atomic mass is 10.2. The molecule has 1 aromatic heterocycles. The molecule has 1 aliphatic heterocycles. The highest BCUT2D eigenvalue weighted by molar-refractivity contribution is 7.92. The zero-order valence-electron chi connectivity index (χ0n) is 19.3. The van der Waals surface area contributed by atoms with Crippen molar-refractivity contribution in [2.24, 2.45) is 0 Å². The summed E-state index contributed by atoms with van der Waals surface area (Å²) in [6.45, 7) is 3.70. The van der Waals surface area contributed by atoms with Gasteiger partial charge in [-0.1, -0.05) is 0 Å². The summed E-state index contributed by atoms with van der Waals surface area (Å²) >= 11 is 0. The summed E-state index contributed by atoms with van der Waals surface area (Å²) in [6, 6.07) is 14.2. The third-order valence-corrected chi connectivity index (χ3v) is 6.91. The Bertz CT molecular complexity index is 1380. The van der Waals surface area contributed by atoms with Gasteiger partial charge in [0, 0.05) is 30.2 Å². The number of nitrogens with one attached hydrogen (secondary N) is 3. The standard InChI is InChI=1S/C24H26N4O6S/c1-16-3-9-20(23(29)25-16)24(30)26-18-6-10-21(28-11-13-34-14-12-28)22(15-18)35(31,32)27-17-4-7-19(33-2)8-5-17/h3-10,15,27H,11-14H2,1-2H3,(H,25,29)(H,26,30). The average molecular weight is 499 g/mol. The van der Waals surface area contributed by atoms with E-state index in [1.165, 1.54) is 19.2 Å². The molecule has 3 N–H and O–H groups in total. The summed E-state index contributed by atoms with van der Waals surface area (Å²) in [6.07, 6.45) is 0. The van der Waals surface area contributed by atoms with Gasteiger partial charge in [0.15, 0.2) is 0 Å². The van der Waals surface area contributed by atoms with Gasteiger partial charge in [-0.3, -0.25) is 14.3 Å². The number of aromatic amines is 1. The maximum atomic E-state index is 13.5. The number of aromatic nitrogens is 1. The van der Waals surface area contributed by atoms with E-state index >= 15 is 0 Å². The Hall–Kier alpha value is -3.83. The number of rotatable bonds is 7. The lowest BCUT2D eigenvalue weighted by Crippen LogP contribution is -2.37. The van der Waals surface area contributed by atoms with Crippen molar-refractivity contribution in [3.63, 3.8) is 0 Å². The largest absolute Gasteiger partial charge is 0.497 e. The number of nitrogens with zero attached hydrogens (tertiary/aromatic N) is 1. The van der Waals surface area contributed by atoms with Gasteiger partial charge >= 0.3 is 0 Å². The summed E-state index contributed by atoms with van der Waals surface area (Å²) in [5.41, 5.74) is 1.11. The molecular formula is C24H26N4O6S. The molecule has 2 heterocycles. The van der Waals surface area contributed by atoms with Gasteiger partial charge in [0.05, 0.1) is 26.0 Å². The third kappa shape index (κ3) is 5.64. The fourth-order valence-electron chi connectivity index (χ4n) is 3.69. The van der Waals surface area contributed by atoms with Crippen LogP contribution in [0.25, 0.3) is 0 Å². The number of aryl methyl sites for hydroxylation is 1. The minimum atomic E-state index is -4.04. The number of amides is 1. The van der Waals surface area contributed by atoms with E-state index in [4.69, 9.17) is 9.47 Å². The second-order valence-corrected chi connectivity index (χ2v) is 9.61. The predicted octanol–water partition coefficient (Wildman–Crippen LogP) is 2.58. The van der Waals surface area contributed by atoms with Gasteiger partial charge in [-0.25, -0.2) is 8.42 Å². The van der Waals surface area contributed by atoms with Gasteiger partial charge in [0.1, 0.15) is 16.2 Å². The van der Waals surface area contributed by atoms with Crippen molar-refractivity contribution in [1.82, 2.24) is 4.98 Å². The smallest absolute Gasteiger partial charge is 0.264 e. The van der Waals surface area contributed by atoms with E-state index in [2.05, 4.69) is 15.0 Å². The molecule has 1 amide bonds. The highest BCUT2D eigenvalue weighted by Crippen LogP contribution is 2.31. The Balaban J connectivity index is 1.68. The summed E-state index contributed by atoms with van der Waals surface area (Å²) in [7, 11) is -2.52. The number of benzene rings is 2. The molecular weight excluding hydrogens is 472 g/mol. The number of hydrogen-bond donors (Lipinski definition) is 3. The molecule has 35 heavy (non-hydrogen) atoms. The Kier molecular flexibility index (Phi) is 7.08.